The minimum absolute atomic E-state index is 0.0416. The highest BCUT2D eigenvalue weighted by Crippen LogP contribution is 2.21. The van der Waals surface area contributed by atoms with Crippen LogP contribution in [0.2, 0.25) is 5.15 Å². The molecule has 0 radical (unpaired) electrons. The Labute approximate surface area is 123 Å². The molecule has 0 aliphatic carbocycles. The third kappa shape index (κ3) is 3.68. The van der Waals surface area contributed by atoms with Crippen molar-refractivity contribution in [3.05, 3.63) is 41.6 Å². The van der Waals surface area contributed by atoms with Crippen LogP contribution in [0.4, 0.5) is 5.82 Å². The number of benzene rings is 1. The SMILES string of the molecule is CC(C)C(CO)Nc1cc(Cl)nc(-c2ccccc2)n1. The molecule has 106 valence electrons. The molecule has 1 aromatic carbocycles. The maximum atomic E-state index is 9.37. The number of hydrogen-bond acceptors (Lipinski definition) is 4. The number of aliphatic hydroxyl groups excluding tert-OH is 1. The van der Waals surface area contributed by atoms with Gasteiger partial charge in [0.25, 0.3) is 0 Å². The van der Waals surface area contributed by atoms with Crippen molar-refractivity contribution in [1.82, 2.24) is 9.97 Å². The van der Waals surface area contributed by atoms with Gasteiger partial charge in [0.05, 0.1) is 12.6 Å². The summed E-state index contributed by atoms with van der Waals surface area (Å²) in [5, 5.41) is 12.9. The van der Waals surface area contributed by atoms with Gasteiger partial charge in [0.1, 0.15) is 11.0 Å². The van der Waals surface area contributed by atoms with Crippen LogP contribution in [0.1, 0.15) is 13.8 Å². The zero-order chi connectivity index (χ0) is 14.5. The fraction of sp³-hybridized carbons (Fsp3) is 0.333. The second-order valence-corrected chi connectivity index (χ2v) is 5.33. The number of aromatic nitrogens is 2. The van der Waals surface area contributed by atoms with E-state index in [1.807, 2.05) is 44.2 Å². The number of halogens is 1. The van der Waals surface area contributed by atoms with Gasteiger partial charge in [0.2, 0.25) is 0 Å². The van der Waals surface area contributed by atoms with Crippen molar-refractivity contribution in [1.29, 1.82) is 0 Å². The number of anilines is 1. The Hall–Kier alpha value is -1.65. The molecule has 2 N–H and O–H groups in total. The molecule has 1 unspecified atom stereocenters. The molecule has 0 fully saturated rings. The van der Waals surface area contributed by atoms with Gasteiger partial charge in [-0.1, -0.05) is 55.8 Å². The van der Waals surface area contributed by atoms with Crippen LogP contribution >= 0.6 is 11.6 Å². The molecule has 0 spiro atoms. The molecule has 0 saturated heterocycles. The van der Waals surface area contributed by atoms with Crippen LogP contribution in [0.3, 0.4) is 0 Å². The molecule has 4 nitrogen and oxygen atoms in total. The normalized spacial score (nSPS) is 12.4. The summed E-state index contributed by atoms with van der Waals surface area (Å²) < 4.78 is 0. The Bertz CT molecular complexity index is 560. The highest BCUT2D eigenvalue weighted by atomic mass is 35.5. The summed E-state index contributed by atoms with van der Waals surface area (Å²) in [6.07, 6.45) is 0. The third-order valence-corrected chi connectivity index (χ3v) is 3.26. The Balaban J connectivity index is 2.30. The molecule has 1 atom stereocenters. The number of nitrogens with zero attached hydrogens (tertiary/aromatic N) is 2. The van der Waals surface area contributed by atoms with E-state index in [0.717, 1.165) is 5.56 Å². The maximum Gasteiger partial charge on any atom is 0.163 e. The van der Waals surface area contributed by atoms with Crippen molar-refractivity contribution in [2.75, 3.05) is 11.9 Å². The number of hydrogen-bond donors (Lipinski definition) is 2. The molecule has 20 heavy (non-hydrogen) atoms. The molecule has 2 rings (SSSR count). The molecule has 0 aliphatic rings. The average molecular weight is 292 g/mol. The Morgan fingerprint density at radius 3 is 2.50 bits per heavy atom. The molecule has 2 aromatic rings. The zero-order valence-corrected chi connectivity index (χ0v) is 12.3. The van der Waals surface area contributed by atoms with Gasteiger partial charge in [-0.05, 0) is 5.92 Å². The minimum atomic E-state index is -0.0652. The first-order valence-corrected chi connectivity index (χ1v) is 6.95. The molecule has 1 aromatic heterocycles. The summed E-state index contributed by atoms with van der Waals surface area (Å²) in [6.45, 7) is 4.11. The van der Waals surface area contributed by atoms with Crippen molar-refractivity contribution in [3.63, 3.8) is 0 Å². The van der Waals surface area contributed by atoms with Gasteiger partial charge >= 0.3 is 0 Å². The van der Waals surface area contributed by atoms with Crippen LogP contribution in [0.25, 0.3) is 11.4 Å². The zero-order valence-electron chi connectivity index (χ0n) is 11.5. The summed E-state index contributed by atoms with van der Waals surface area (Å²) in [4.78, 5) is 8.69. The molecule has 1 heterocycles. The lowest BCUT2D eigenvalue weighted by Crippen LogP contribution is -2.29. The van der Waals surface area contributed by atoms with Crippen LogP contribution in [0.5, 0.6) is 0 Å². The van der Waals surface area contributed by atoms with E-state index in [0.29, 0.717) is 16.8 Å². The van der Waals surface area contributed by atoms with E-state index in [1.54, 1.807) is 6.07 Å². The van der Waals surface area contributed by atoms with Crippen LogP contribution in [0.15, 0.2) is 36.4 Å². The van der Waals surface area contributed by atoms with Crippen molar-refractivity contribution in [2.24, 2.45) is 5.92 Å². The van der Waals surface area contributed by atoms with E-state index >= 15 is 0 Å². The van der Waals surface area contributed by atoms with Gasteiger partial charge < -0.3 is 10.4 Å². The van der Waals surface area contributed by atoms with E-state index in [9.17, 15) is 5.11 Å². The summed E-state index contributed by atoms with van der Waals surface area (Å²) in [7, 11) is 0. The van der Waals surface area contributed by atoms with Crippen LogP contribution < -0.4 is 5.32 Å². The van der Waals surface area contributed by atoms with E-state index in [1.165, 1.54) is 0 Å². The van der Waals surface area contributed by atoms with Crippen molar-refractivity contribution < 1.29 is 5.11 Å². The highest BCUT2D eigenvalue weighted by Gasteiger charge is 2.14. The molecule has 0 bridgehead atoms. The molecule has 5 heteroatoms. The first-order chi connectivity index (χ1) is 9.60. The molecule has 0 amide bonds. The Kier molecular flexibility index (Phi) is 4.93. The Morgan fingerprint density at radius 2 is 1.90 bits per heavy atom. The molecule has 0 saturated carbocycles. The lowest BCUT2D eigenvalue weighted by atomic mass is 10.1. The van der Waals surface area contributed by atoms with Gasteiger partial charge in [-0.25, -0.2) is 9.97 Å². The number of rotatable bonds is 5. The summed E-state index contributed by atoms with van der Waals surface area (Å²) >= 11 is 6.05. The van der Waals surface area contributed by atoms with Gasteiger partial charge in [0, 0.05) is 11.6 Å². The maximum absolute atomic E-state index is 9.37. The fourth-order valence-electron chi connectivity index (χ4n) is 1.82. The topological polar surface area (TPSA) is 58.0 Å². The lowest BCUT2D eigenvalue weighted by molar-refractivity contribution is 0.249. The van der Waals surface area contributed by atoms with Crippen molar-refractivity contribution >= 4 is 17.4 Å². The van der Waals surface area contributed by atoms with E-state index < -0.39 is 0 Å². The van der Waals surface area contributed by atoms with E-state index in [-0.39, 0.29) is 18.6 Å². The smallest absolute Gasteiger partial charge is 0.163 e. The van der Waals surface area contributed by atoms with Crippen LogP contribution in [-0.4, -0.2) is 27.7 Å². The fourth-order valence-corrected chi connectivity index (χ4v) is 2.00. The van der Waals surface area contributed by atoms with Crippen molar-refractivity contribution in [3.8, 4) is 11.4 Å². The second-order valence-electron chi connectivity index (χ2n) is 4.94. The van der Waals surface area contributed by atoms with E-state index in [4.69, 9.17) is 11.6 Å². The lowest BCUT2D eigenvalue weighted by Gasteiger charge is -2.20. The average Bonchev–Trinajstić information content (AvgIpc) is 2.45. The van der Waals surface area contributed by atoms with Gasteiger partial charge in [0.15, 0.2) is 5.82 Å². The summed E-state index contributed by atoms with van der Waals surface area (Å²) in [5.74, 6) is 1.48. The Morgan fingerprint density at radius 1 is 1.20 bits per heavy atom. The molecular formula is C15H18ClN3O. The standard InChI is InChI=1S/C15H18ClN3O/c1-10(2)12(9-20)17-14-8-13(16)18-15(19-14)11-6-4-3-5-7-11/h3-8,10,12,20H,9H2,1-2H3,(H,17,18,19). The molecule has 0 aliphatic heterocycles. The number of aliphatic hydroxyl groups is 1. The monoisotopic (exact) mass is 291 g/mol. The minimum Gasteiger partial charge on any atom is -0.394 e. The first kappa shape index (κ1) is 14.8. The highest BCUT2D eigenvalue weighted by molar-refractivity contribution is 6.29. The van der Waals surface area contributed by atoms with Gasteiger partial charge in [-0.15, -0.1) is 0 Å². The largest absolute Gasteiger partial charge is 0.394 e. The summed E-state index contributed by atoms with van der Waals surface area (Å²) in [6, 6.07) is 11.3. The van der Waals surface area contributed by atoms with Crippen LogP contribution in [0, 0.1) is 5.92 Å². The second kappa shape index (κ2) is 6.68. The summed E-state index contributed by atoms with van der Waals surface area (Å²) in [5.41, 5.74) is 0.906. The quantitative estimate of drug-likeness (QED) is 0.831. The van der Waals surface area contributed by atoms with Crippen molar-refractivity contribution in [2.45, 2.75) is 19.9 Å². The number of nitrogens with one attached hydrogen (secondary N) is 1. The van der Waals surface area contributed by atoms with E-state index in [2.05, 4.69) is 15.3 Å². The molecular weight excluding hydrogens is 274 g/mol. The van der Waals surface area contributed by atoms with Crippen LogP contribution in [-0.2, 0) is 0 Å². The predicted molar refractivity (Wildman–Crippen MR) is 81.8 cm³/mol. The predicted octanol–water partition coefficient (Wildman–Crippen LogP) is 3.23. The first-order valence-electron chi connectivity index (χ1n) is 6.57. The third-order valence-electron chi connectivity index (χ3n) is 3.06. The van der Waals surface area contributed by atoms with Gasteiger partial charge in [-0.2, -0.15) is 0 Å². The van der Waals surface area contributed by atoms with Gasteiger partial charge in [-0.3, -0.25) is 0 Å².